The Kier molecular flexibility index (Phi) is 4.26. The van der Waals surface area contributed by atoms with E-state index in [1.165, 1.54) is 7.11 Å². The first kappa shape index (κ1) is 16.5. The third-order valence-electron chi connectivity index (χ3n) is 4.70. The number of cyclic esters (lactones) is 1. The Hall–Kier alpha value is -1.92. The van der Waals surface area contributed by atoms with Crippen molar-refractivity contribution in [2.75, 3.05) is 13.7 Å². The van der Waals surface area contributed by atoms with E-state index in [0.717, 1.165) is 0 Å². The molecule has 6 nitrogen and oxygen atoms in total. The highest BCUT2D eigenvalue weighted by molar-refractivity contribution is 5.91. The Morgan fingerprint density at radius 1 is 1.50 bits per heavy atom. The fourth-order valence-corrected chi connectivity index (χ4v) is 3.51. The summed E-state index contributed by atoms with van der Waals surface area (Å²) in [5, 5.41) is 21.1. The SMILES string of the molecule is C=C[C@]12COC(=O)C(=C)[C@@H]1[C@@H](O)[C@H](C(=C)C(=O)OC)[C@@H](O)C2. The maximum Gasteiger partial charge on any atom is 0.333 e. The van der Waals surface area contributed by atoms with E-state index in [1.807, 2.05) is 0 Å². The first-order valence-corrected chi connectivity index (χ1v) is 6.92. The predicted molar refractivity (Wildman–Crippen MR) is 77.5 cm³/mol. The normalized spacial score (nSPS) is 37.8. The topological polar surface area (TPSA) is 93.1 Å². The highest BCUT2D eigenvalue weighted by Gasteiger charge is 2.57. The molecule has 2 fully saturated rings. The summed E-state index contributed by atoms with van der Waals surface area (Å²) in [5.74, 6) is -2.94. The summed E-state index contributed by atoms with van der Waals surface area (Å²) >= 11 is 0. The summed E-state index contributed by atoms with van der Waals surface area (Å²) in [6, 6.07) is 0. The van der Waals surface area contributed by atoms with Crippen molar-refractivity contribution in [2.24, 2.45) is 17.3 Å². The lowest BCUT2D eigenvalue weighted by Gasteiger charge is -2.52. The number of fused-ring (bicyclic) bond motifs is 1. The van der Waals surface area contributed by atoms with Crippen molar-refractivity contribution >= 4 is 11.9 Å². The van der Waals surface area contributed by atoms with Gasteiger partial charge in [-0.15, -0.1) is 6.58 Å². The van der Waals surface area contributed by atoms with Gasteiger partial charge in [0.15, 0.2) is 0 Å². The molecular weight excluding hydrogens is 288 g/mol. The van der Waals surface area contributed by atoms with Crippen LogP contribution in [0.25, 0.3) is 0 Å². The van der Waals surface area contributed by atoms with E-state index in [4.69, 9.17) is 4.74 Å². The summed E-state index contributed by atoms with van der Waals surface area (Å²) < 4.78 is 9.67. The fraction of sp³-hybridized carbons (Fsp3) is 0.500. The minimum atomic E-state index is -1.21. The molecule has 2 rings (SSSR count). The zero-order valence-corrected chi connectivity index (χ0v) is 12.4. The second-order valence-corrected chi connectivity index (χ2v) is 5.82. The molecular formula is C16H20O6. The molecule has 1 heterocycles. The lowest BCUT2D eigenvalue weighted by Crippen LogP contribution is -2.58. The van der Waals surface area contributed by atoms with E-state index in [9.17, 15) is 19.8 Å². The zero-order chi connectivity index (χ0) is 16.7. The van der Waals surface area contributed by atoms with Crippen LogP contribution in [0.15, 0.2) is 37.0 Å². The van der Waals surface area contributed by atoms with Crippen molar-refractivity contribution < 1.29 is 29.3 Å². The number of rotatable bonds is 3. The Bertz CT molecular complexity index is 551. The number of carbonyl (C=O) groups excluding carboxylic acids is 2. The molecule has 1 aliphatic heterocycles. The van der Waals surface area contributed by atoms with Crippen LogP contribution in [0.3, 0.4) is 0 Å². The molecule has 6 heteroatoms. The van der Waals surface area contributed by atoms with Crippen LogP contribution >= 0.6 is 0 Å². The van der Waals surface area contributed by atoms with Crippen LogP contribution in [0.1, 0.15) is 6.42 Å². The number of esters is 2. The molecule has 2 N–H and O–H groups in total. The largest absolute Gasteiger partial charge is 0.466 e. The molecule has 2 aliphatic rings. The van der Waals surface area contributed by atoms with Crippen molar-refractivity contribution in [1.82, 2.24) is 0 Å². The molecule has 0 bridgehead atoms. The van der Waals surface area contributed by atoms with Crippen molar-refractivity contribution in [2.45, 2.75) is 18.6 Å². The Balaban J connectivity index is 2.43. The van der Waals surface area contributed by atoms with E-state index in [0.29, 0.717) is 0 Å². The van der Waals surface area contributed by atoms with Gasteiger partial charge in [-0.2, -0.15) is 0 Å². The van der Waals surface area contributed by atoms with Gasteiger partial charge in [-0.25, -0.2) is 9.59 Å². The minimum Gasteiger partial charge on any atom is -0.466 e. The van der Waals surface area contributed by atoms with Crippen LogP contribution in [0.2, 0.25) is 0 Å². The number of hydrogen-bond acceptors (Lipinski definition) is 6. The van der Waals surface area contributed by atoms with E-state index in [1.54, 1.807) is 6.08 Å². The number of methoxy groups -OCH3 is 1. The molecule has 0 aromatic rings. The van der Waals surface area contributed by atoms with Crippen LogP contribution < -0.4 is 0 Å². The molecule has 1 saturated carbocycles. The molecule has 0 amide bonds. The number of aliphatic hydroxyl groups excluding tert-OH is 2. The second kappa shape index (κ2) is 5.70. The third kappa shape index (κ3) is 2.28. The number of carbonyl (C=O) groups is 2. The van der Waals surface area contributed by atoms with Crippen LogP contribution in [0.4, 0.5) is 0 Å². The molecule has 1 saturated heterocycles. The van der Waals surface area contributed by atoms with E-state index in [2.05, 4.69) is 24.5 Å². The zero-order valence-electron chi connectivity index (χ0n) is 12.4. The van der Waals surface area contributed by atoms with Gasteiger partial charge in [-0.3, -0.25) is 0 Å². The predicted octanol–water partition coefficient (Wildman–Crippen LogP) is 0.359. The fourth-order valence-electron chi connectivity index (χ4n) is 3.51. The van der Waals surface area contributed by atoms with Crippen molar-refractivity contribution in [1.29, 1.82) is 0 Å². The van der Waals surface area contributed by atoms with Gasteiger partial charge in [0.25, 0.3) is 0 Å². The summed E-state index contributed by atoms with van der Waals surface area (Å²) in [5.41, 5.74) is -0.739. The Morgan fingerprint density at radius 2 is 2.14 bits per heavy atom. The van der Waals surface area contributed by atoms with Gasteiger partial charge < -0.3 is 19.7 Å². The quantitative estimate of drug-likeness (QED) is 0.444. The molecule has 1 aliphatic carbocycles. The molecule has 0 radical (unpaired) electrons. The summed E-state index contributed by atoms with van der Waals surface area (Å²) in [7, 11) is 1.19. The Labute approximate surface area is 128 Å². The lowest BCUT2D eigenvalue weighted by atomic mass is 9.57. The van der Waals surface area contributed by atoms with Crippen LogP contribution in [-0.4, -0.2) is 48.1 Å². The maximum atomic E-state index is 11.8. The summed E-state index contributed by atoms with van der Waals surface area (Å²) in [6.07, 6.45) is -0.515. The number of ether oxygens (including phenoxy) is 2. The van der Waals surface area contributed by atoms with E-state index < -0.39 is 41.4 Å². The van der Waals surface area contributed by atoms with Crippen molar-refractivity contribution in [3.05, 3.63) is 37.0 Å². The van der Waals surface area contributed by atoms with E-state index >= 15 is 0 Å². The molecule has 0 aromatic carbocycles. The first-order chi connectivity index (χ1) is 10.3. The number of hydrogen-bond donors (Lipinski definition) is 2. The molecule has 22 heavy (non-hydrogen) atoms. The summed E-state index contributed by atoms with van der Waals surface area (Å²) in [6.45, 7) is 11.1. The average Bonchev–Trinajstić information content (AvgIpc) is 2.49. The third-order valence-corrected chi connectivity index (χ3v) is 4.70. The molecule has 0 spiro atoms. The van der Waals surface area contributed by atoms with Crippen molar-refractivity contribution in [3.63, 3.8) is 0 Å². The maximum absolute atomic E-state index is 11.8. The van der Waals surface area contributed by atoms with Gasteiger partial charge >= 0.3 is 11.9 Å². The number of aliphatic hydroxyl groups is 2. The molecule has 0 aromatic heterocycles. The highest BCUT2D eigenvalue weighted by Crippen LogP contribution is 2.51. The van der Waals surface area contributed by atoms with Crippen LogP contribution in [0, 0.1) is 17.3 Å². The van der Waals surface area contributed by atoms with Gasteiger partial charge in [-0.1, -0.05) is 19.2 Å². The monoisotopic (exact) mass is 308 g/mol. The molecule has 0 unspecified atom stereocenters. The molecule has 5 atom stereocenters. The van der Waals surface area contributed by atoms with Gasteiger partial charge in [0, 0.05) is 28.4 Å². The first-order valence-electron chi connectivity index (χ1n) is 6.92. The van der Waals surface area contributed by atoms with Crippen LogP contribution in [-0.2, 0) is 19.1 Å². The highest BCUT2D eigenvalue weighted by atomic mass is 16.5. The lowest BCUT2D eigenvalue weighted by molar-refractivity contribution is -0.165. The van der Waals surface area contributed by atoms with E-state index in [-0.39, 0.29) is 24.2 Å². The summed E-state index contributed by atoms with van der Waals surface area (Å²) in [4.78, 5) is 23.4. The van der Waals surface area contributed by atoms with Crippen molar-refractivity contribution in [3.8, 4) is 0 Å². The van der Waals surface area contributed by atoms with Crippen LogP contribution in [0.5, 0.6) is 0 Å². The minimum absolute atomic E-state index is 0.00452. The molecule has 120 valence electrons. The van der Waals surface area contributed by atoms with Gasteiger partial charge in [-0.05, 0) is 6.42 Å². The smallest absolute Gasteiger partial charge is 0.333 e. The average molecular weight is 308 g/mol. The second-order valence-electron chi connectivity index (χ2n) is 5.82. The Morgan fingerprint density at radius 3 is 2.68 bits per heavy atom. The van der Waals surface area contributed by atoms with Gasteiger partial charge in [0.2, 0.25) is 0 Å². The van der Waals surface area contributed by atoms with Gasteiger partial charge in [0.05, 0.1) is 19.3 Å². The van der Waals surface area contributed by atoms with Gasteiger partial charge in [0.1, 0.15) is 6.61 Å². The standard InChI is InChI=1S/C16H20O6/c1-5-16-6-10(17)11(8(2)14(19)21-4)13(18)12(16)9(3)15(20)22-7-16/h5,10-13,17-18H,1-3,6-7H2,4H3/t10-,11+,12+,13-,16-/m0/s1.